The summed E-state index contributed by atoms with van der Waals surface area (Å²) in [6, 6.07) is 10.2. The van der Waals surface area contributed by atoms with Crippen LogP contribution < -0.4 is 5.73 Å². The molecule has 0 saturated heterocycles. The quantitative estimate of drug-likeness (QED) is 0.720. The van der Waals surface area contributed by atoms with Crippen molar-refractivity contribution in [2.45, 2.75) is 13.3 Å². The number of anilines is 1. The molecule has 0 atom stereocenters. The maximum absolute atomic E-state index is 6.08. The van der Waals surface area contributed by atoms with Crippen LogP contribution in [-0.4, -0.2) is 10.2 Å². The van der Waals surface area contributed by atoms with E-state index in [-0.39, 0.29) is 0 Å². The Morgan fingerprint density at radius 3 is 2.85 bits per heavy atom. The van der Waals surface area contributed by atoms with E-state index in [1.54, 1.807) is 11.3 Å². The van der Waals surface area contributed by atoms with Gasteiger partial charge in [0.15, 0.2) is 5.82 Å². The zero-order chi connectivity index (χ0) is 14.1. The van der Waals surface area contributed by atoms with Gasteiger partial charge >= 0.3 is 0 Å². The van der Waals surface area contributed by atoms with Crippen LogP contribution in [0.3, 0.4) is 0 Å². The van der Waals surface area contributed by atoms with Gasteiger partial charge in [-0.25, -0.2) is 0 Å². The number of rotatable bonds is 3. The Labute approximate surface area is 130 Å². The molecule has 2 heterocycles. The molecule has 3 aromatic rings. The molecule has 2 aromatic heterocycles. The van der Waals surface area contributed by atoms with E-state index in [0.29, 0.717) is 5.82 Å². The lowest BCUT2D eigenvalue weighted by atomic mass is 10.0. The molecule has 0 saturated carbocycles. The van der Waals surface area contributed by atoms with E-state index in [2.05, 4.69) is 44.5 Å². The fourth-order valence-corrected chi connectivity index (χ4v) is 3.77. The highest BCUT2D eigenvalue weighted by Crippen LogP contribution is 2.41. The number of nitrogen functional groups attached to an aromatic ring is 1. The molecule has 3 rings (SSSR count). The van der Waals surface area contributed by atoms with Gasteiger partial charge in [0.1, 0.15) is 0 Å². The SMILES string of the molecule is CCc1ccsc1-c1[nH]nc(N)c1-c1ccccc1Br. The number of halogens is 1. The highest BCUT2D eigenvalue weighted by Gasteiger charge is 2.19. The largest absolute Gasteiger partial charge is 0.382 e. The summed E-state index contributed by atoms with van der Waals surface area (Å²) in [4.78, 5) is 1.21. The minimum absolute atomic E-state index is 0.530. The molecule has 5 heteroatoms. The smallest absolute Gasteiger partial charge is 0.153 e. The van der Waals surface area contributed by atoms with Crippen molar-refractivity contribution in [1.82, 2.24) is 10.2 Å². The average Bonchev–Trinajstić information content (AvgIpc) is 3.05. The van der Waals surface area contributed by atoms with Gasteiger partial charge in [0.05, 0.1) is 16.1 Å². The lowest BCUT2D eigenvalue weighted by Gasteiger charge is -2.07. The van der Waals surface area contributed by atoms with Crippen LogP contribution in [0.4, 0.5) is 5.82 Å². The summed E-state index contributed by atoms with van der Waals surface area (Å²) in [5.74, 6) is 0.530. The van der Waals surface area contributed by atoms with Crippen LogP contribution in [0.25, 0.3) is 21.7 Å². The Morgan fingerprint density at radius 2 is 2.10 bits per heavy atom. The van der Waals surface area contributed by atoms with Crippen molar-refractivity contribution in [3.05, 3.63) is 45.7 Å². The van der Waals surface area contributed by atoms with Gasteiger partial charge in [-0.05, 0) is 29.5 Å². The molecular formula is C15H14BrN3S. The zero-order valence-corrected chi connectivity index (χ0v) is 13.4. The first kappa shape index (κ1) is 13.4. The minimum atomic E-state index is 0.530. The Hall–Kier alpha value is -1.59. The summed E-state index contributed by atoms with van der Waals surface area (Å²) in [7, 11) is 0. The van der Waals surface area contributed by atoms with E-state index in [9.17, 15) is 0 Å². The second kappa shape index (κ2) is 5.42. The van der Waals surface area contributed by atoms with Gasteiger partial charge in [-0.1, -0.05) is 41.1 Å². The maximum Gasteiger partial charge on any atom is 0.153 e. The third-order valence-electron chi connectivity index (χ3n) is 3.29. The first-order chi connectivity index (χ1) is 9.72. The van der Waals surface area contributed by atoms with E-state index < -0.39 is 0 Å². The molecule has 0 fully saturated rings. The van der Waals surface area contributed by atoms with E-state index in [1.165, 1.54) is 10.4 Å². The fourth-order valence-electron chi connectivity index (χ4n) is 2.29. The molecule has 0 unspecified atom stereocenters. The molecule has 20 heavy (non-hydrogen) atoms. The number of H-pyrrole nitrogens is 1. The third kappa shape index (κ3) is 2.17. The number of aromatic amines is 1. The zero-order valence-electron chi connectivity index (χ0n) is 11.0. The monoisotopic (exact) mass is 347 g/mol. The number of aryl methyl sites for hydroxylation is 1. The van der Waals surface area contributed by atoms with Gasteiger partial charge in [0.25, 0.3) is 0 Å². The highest BCUT2D eigenvalue weighted by atomic mass is 79.9. The number of hydrogen-bond acceptors (Lipinski definition) is 3. The Balaban J connectivity index is 2.23. The molecule has 3 nitrogen and oxygen atoms in total. The first-order valence-corrected chi connectivity index (χ1v) is 8.05. The van der Waals surface area contributed by atoms with E-state index in [0.717, 1.165) is 27.7 Å². The number of nitrogens with one attached hydrogen (secondary N) is 1. The minimum Gasteiger partial charge on any atom is -0.382 e. The van der Waals surface area contributed by atoms with Crippen molar-refractivity contribution in [3.8, 4) is 21.7 Å². The van der Waals surface area contributed by atoms with Crippen molar-refractivity contribution in [3.63, 3.8) is 0 Å². The summed E-state index contributed by atoms with van der Waals surface area (Å²) in [5.41, 5.74) is 10.4. The maximum atomic E-state index is 6.08. The molecule has 0 aliphatic rings. The van der Waals surface area contributed by atoms with E-state index in [1.807, 2.05) is 24.3 Å². The molecule has 0 amide bonds. The molecule has 0 spiro atoms. The predicted molar refractivity (Wildman–Crippen MR) is 88.8 cm³/mol. The van der Waals surface area contributed by atoms with Crippen LogP contribution in [0.2, 0.25) is 0 Å². The molecule has 0 aliphatic carbocycles. The van der Waals surface area contributed by atoms with E-state index in [4.69, 9.17) is 5.73 Å². The van der Waals surface area contributed by atoms with Crippen molar-refractivity contribution >= 4 is 33.1 Å². The Morgan fingerprint density at radius 1 is 1.30 bits per heavy atom. The van der Waals surface area contributed by atoms with Gasteiger partial charge < -0.3 is 5.73 Å². The molecule has 102 valence electrons. The van der Waals surface area contributed by atoms with E-state index >= 15 is 0 Å². The number of hydrogen-bond donors (Lipinski definition) is 2. The molecular weight excluding hydrogens is 334 g/mol. The number of nitrogens with two attached hydrogens (primary N) is 1. The second-order valence-electron chi connectivity index (χ2n) is 4.47. The van der Waals surface area contributed by atoms with Crippen molar-refractivity contribution in [2.75, 3.05) is 5.73 Å². The van der Waals surface area contributed by atoms with Gasteiger partial charge in [0.2, 0.25) is 0 Å². The predicted octanol–water partition coefficient (Wildman–Crippen LogP) is 4.71. The molecule has 0 aliphatic heterocycles. The Bertz CT molecular complexity index is 745. The van der Waals surface area contributed by atoms with Crippen LogP contribution in [-0.2, 0) is 6.42 Å². The van der Waals surface area contributed by atoms with Crippen LogP contribution in [0.5, 0.6) is 0 Å². The summed E-state index contributed by atoms with van der Waals surface area (Å²) < 4.78 is 1.02. The van der Waals surface area contributed by atoms with Crippen LogP contribution >= 0.6 is 27.3 Å². The van der Waals surface area contributed by atoms with Crippen molar-refractivity contribution in [1.29, 1.82) is 0 Å². The molecule has 1 aromatic carbocycles. The lowest BCUT2D eigenvalue weighted by Crippen LogP contribution is -1.90. The highest BCUT2D eigenvalue weighted by molar-refractivity contribution is 9.10. The van der Waals surface area contributed by atoms with Crippen molar-refractivity contribution in [2.24, 2.45) is 0 Å². The normalized spacial score (nSPS) is 10.9. The third-order valence-corrected chi connectivity index (χ3v) is 4.96. The lowest BCUT2D eigenvalue weighted by molar-refractivity contribution is 1.10. The number of thiophene rings is 1. The summed E-state index contributed by atoms with van der Waals surface area (Å²) in [5, 5.41) is 9.40. The summed E-state index contributed by atoms with van der Waals surface area (Å²) in [6.07, 6.45) is 0.993. The number of aromatic nitrogens is 2. The molecule has 0 bridgehead atoms. The molecule has 0 radical (unpaired) electrons. The summed E-state index contributed by atoms with van der Waals surface area (Å²) >= 11 is 5.30. The second-order valence-corrected chi connectivity index (χ2v) is 6.24. The first-order valence-electron chi connectivity index (χ1n) is 6.37. The van der Waals surface area contributed by atoms with Gasteiger partial charge in [-0.2, -0.15) is 5.10 Å². The van der Waals surface area contributed by atoms with Crippen LogP contribution in [0.1, 0.15) is 12.5 Å². The van der Waals surface area contributed by atoms with Gasteiger partial charge in [-0.15, -0.1) is 11.3 Å². The standard InChI is InChI=1S/C15H14BrN3S/c1-2-9-7-8-20-14(9)13-12(15(17)19-18-13)10-5-3-4-6-11(10)16/h3-8H,2H2,1H3,(H3,17,18,19). The van der Waals surface area contributed by atoms with Crippen LogP contribution in [0.15, 0.2) is 40.2 Å². The van der Waals surface area contributed by atoms with Gasteiger partial charge in [0, 0.05) is 10.0 Å². The Kier molecular flexibility index (Phi) is 3.63. The van der Waals surface area contributed by atoms with Crippen molar-refractivity contribution < 1.29 is 0 Å². The number of nitrogens with zero attached hydrogens (tertiary/aromatic N) is 1. The van der Waals surface area contributed by atoms with Crippen LogP contribution in [0, 0.1) is 0 Å². The molecule has 3 N–H and O–H groups in total. The fraction of sp³-hybridized carbons (Fsp3) is 0.133. The van der Waals surface area contributed by atoms with Gasteiger partial charge in [-0.3, -0.25) is 5.10 Å². The topological polar surface area (TPSA) is 54.7 Å². The number of benzene rings is 1. The average molecular weight is 348 g/mol. The summed E-state index contributed by atoms with van der Waals surface area (Å²) in [6.45, 7) is 2.16.